The van der Waals surface area contributed by atoms with Gasteiger partial charge in [0, 0.05) is 75.1 Å². The van der Waals surface area contributed by atoms with Gasteiger partial charge in [-0.25, -0.2) is 9.97 Å². The number of carbonyl (C=O) groups excluding carboxylic acids is 2. The normalized spacial score (nSPS) is 26.6. The summed E-state index contributed by atoms with van der Waals surface area (Å²) in [6.07, 6.45) is 3.40. The number of carbonyl (C=O) groups is 2. The maximum atomic E-state index is 12.5. The lowest BCUT2D eigenvalue weighted by Gasteiger charge is -2.41. The Morgan fingerprint density at radius 3 is 2.52 bits per heavy atom. The van der Waals surface area contributed by atoms with Gasteiger partial charge in [-0.2, -0.15) is 0 Å². The molecule has 0 spiro atoms. The molecular formula is C21H34N8O2. The fraction of sp³-hybridized carbons (Fsp3) is 0.714. The van der Waals surface area contributed by atoms with Gasteiger partial charge in [-0.3, -0.25) is 19.8 Å². The molecule has 4 heterocycles. The summed E-state index contributed by atoms with van der Waals surface area (Å²) in [5, 5.41) is 6.57. The number of anilines is 1. The summed E-state index contributed by atoms with van der Waals surface area (Å²) in [6, 6.07) is -0.140. The third kappa shape index (κ3) is 4.97. The average molecular weight is 431 g/mol. The van der Waals surface area contributed by atoms with Crippen LogP contribution in [0, 0.1) is 12.8 Å². The zero-order valence-corrected chi connectivity index (χ0v) is 18.5. The Balaban J connectivity index is 1.41. The number of nitrogens with two attached hydrogens (primary N) is 1. The molecule has 31 heavy (non-hydrogen) atoms. The van der Waals surface area contributed by atoms with Crippen molar-refractivity contribution in [1.29, 1.82) is 0 Å². The summed E-state index contributed by atoms with van der Waals surface area (Å²) in [4.78, 5) is 40.1. The molecule has 2 atom stereocenters. The summed E-state index contributed by atoms with van der Waals surface area (Å²) >= 11 is 0. The van der Waals surface area contributed by atoms with Crippen LogP contribution in [0.15, 0.2) is 6.20 Å². The first-order valence-corrected chi connectivity index (χ1v) is 11.3. The van der Waals surface area contributed by atoms with Gasteiger partial charge in [-0.15, -0.1) is 0 Å². The van der Waals surface area contributed by atoms with Gasteiger partial charge in [0.2, 0.25) is 17.8 Å². The quantitative estimate of drug-likeness (QED) is 0.575. The molecule has 0 saturated carbocycles. The van der Waals surface area contributed by atoms with E-state index in [0.717, 1.165) is 75.9 Å². The second-order valence-corrected chi connectivity index (χ2v) is 8.74. The van der Waals surface area contributed by atoms with Gasteiger partial charge in [0.25, 0.3) is 0 Å². The lowest BCUT2D eigenvalue weighted by Crippen LogP contribution is -2.62. The third-order valence-corrected chi connectivity index (χ3v) is 6.83. The molecule has 0 bridgehead atoms. The minimum atomic E-state index is -0.263. The number of likely N-dealkylation sites (tertiary alicyclic amines) is 1. The van der Waals surface area contributed by atoms with E-state index in [0.29, 0.717) is 6.42 Å². The molecule has 3 aliphatic heterocycles. The Bertz CT molecular complexity index is 803. The predicted molar refractivity (Wildman–Crippen MR) is 117 cm³/mol. The van der Waals surface area contributed by atoms with Gasteiger partial charge in [-0.05, 0) is 26.3 Å². The summed E-state index contributed by atoms with van der Waals surface area (Å²) in [7, 11) is 0. The molecule has 4 N–H and O–H groups in total. The highest BCUT2D eigenvalue weighted by atomic mass is 16.2. The van der Waals surface area contributed by atoms with E-state index in [2.05, 4.69) is 37.2 Å². The minimum Gasteiger partial charge on any atom is -0.369 e. The molecule has 0 radical (unpaired) electrons. The van der Waals surface area contributed by atoms with Crippen LogP contribution < -0.4 is 21.3 Å². The first-order chi connectivity index (χ1) is 14.9. The minimum absolute atomic E-state index is 0.00457. The van der Waals surface area contributed by atoms with E-state index in [1.165, 1.54) is 0 Å². The molecule has 170 valence electrons. The molecule has 3 fully saturated rings. The highest BCUT2D eigenvalue weighted by Gasteiger charge is 2.34. The predicted octanol–water partition coefficient (Wildman–Crippen LogP) is -0.442. The van der Waals surface area contributed by atoms with Crippen molar-refractivity contribution in [3.8, 4) is 0 Å². The van der Waals surface area contributed by atoms with Crippen molar-refractivity contribution in [2.24, 2.45) is 11.7 Å². The van der Waals surface area contributed by atoms with Crippen LogP contribution >= 0.6 is 0 Å². The number of hydrogen-bond donors (Lipinski definition) is 3. The molecule has 0 aliphatic carbocycles. The number of piperazine rings is 1. The van der Waals surface area contributed by atoms with E-state index in [9.17, 15) is 9.59 Å². The van der Waals surface area contributed by atoms with Crippen LogP contribution in [0.5, 0.6) is 0 Å². The van der Waals surface area contributed by atoms with Crippen molar-refractivity contribution >= 4 is 17.8 Å². The van der Waals surface area contributed by atoms with Crippen molar-refractivity contribution in [2.75, 3.05) is 50.7 Å². The topological polar surface area (TPSA) is 120 Å². The van der Waals surface area contributed by atoms with E-state index < -0.39 is 0 Å². The number of likely N-dealkylation sites (N-methyl/N-ethyl adjacent to an activating group) is 1. The first-order valence-electron chi connectivity index (χ1n) is 11.3. The van der Waals surface area contributed by atoms with Crippen molar-refractivity contribution in [3.05, 3.63) is 17.5 Å². The van der Waals surface area contributed by atoms with E-state index in [1.54, 1.807) is 0 Å². The summed E-state index contributed by atoms with van der Waals surface area (Å²) in [6.45, 7) is 10.6. The molecule has 0 aromatic carbocycles. The summed E-state index contributed by atoms with van der Waals surface area (Å²) < 4.78 is 0. The zero-order valence-electron chi connectivity index (χ0n) is 18.5. The molecule has 2 unspecified atom stereocenters. The molecule has 10 nitrogen and oxygen atoms in total. The van der Waals surface area contributed by atoms with Crippen LogP contribution in [-0.2, 0) is 9.59 Å². The standard InChI is InChI=1S/C21H34N8O2/c1-3-27-8-10-29(11-9-27)20-23-13-16(14(2)24-20)17-12-18(30)26-21(25-17)28-6-4-15(5-7-28)19(22)31/h13,15,17,21,25H,3-12H2,1-2H3,(H2,22,31)(H,26,30). The molecule has 3 aliphatic rings. The monoisotopic (exact) mass is 430 g/mol. The number of primary amides is 1. The molecule has 2 amide bonds. The Labute approximate surface area is 183 Å². The highest BCUT2D eigenvalue weighted by Crippen LogP contribution is 2.26. The molecule has 4 rings (SSSR count). The largest absolute Gasteiger partial charge is 0.369 e. The van der Waals surface area contributed by atoms with Crippen LogP contribution in [-0.4, -0.2) is 83.7 Å². The van der Waals surface area contributed by atoms with Crippen LogP contribution in [0.1, 0.15) is 43.5 Å². The summed E-state index contributed by atoms with van der Waals surface area (Å²) in [5.41, 5.74) is 7.31. The average Bonchev–Trinajstić information content (AvgIpc) is 2.78. The fourth-order valence-corrected chi connectivity index (χ4v) is 4.75. The second kappa shape index (κ2) is 9.46. The fourth-order valence-electron chi connectivity index (χ4n) is 4.75. The molecular weight excluding hydrogens is 396 g/mol. The van der Waals surface area contributed by atoms with Crippen molar-refractivity contribution in [1.82, 2.24) is 30.4 Å². The lowest BCUT2D eigenvalue weighted by molar-refractivity contribution is -0.129. The van der Waals surface area contributed by atoms with Crippen molar-refractivity contribution in [3.63, 3.8) is 0 Å². The molecule has 1 aromatic rings. The van der Waals surface area contributed by atoms with Crippen LogP contribution in [0.2, 0.25) is 0 Å². The SMILES string of the molecule is CCN1CCN(c2ncc(C3CC(=O)NC(N4CCC(C(N)=O)CC4)N3)c(C)n2)CC1. The van der Waals surface area contributed by atoms with Crippen LogP contribution in [0.4, 0.5) is 5.95 Å². The van der Waals surface area contributed by atoms with Gasteiger partial charge < -0.3 is 20.9 Å². The smallest absolute Gasteiger partial charge is 0.225 e. The number of hydrogen-bond acceptors (Lipinski definition) is 8. The molecule has 10 heteroatoms. The zero-order chi connectivity index (χ0) is 22.0. The number of rotatable bonds is 5. The first kappa shape index (κ1) is 21.9. The van der Waals surface area contributed by atoms with Gasteiger partial charge >= 0.3 is 0 Å². The Hall–Kier alpha value is -2.30. The summed E-state index contributed by atoms with van der Waals surface area (Å²) in [5.74, 6) is 0.461. The number of aromatic nitrogens is 2. The maximum Gasteiger partial charge on any atom is 0.225 e. The second-order valence-electron chi connectivity index (χ2n) is 8.74. The molecule has 1 aromatic heterocycles. The number of piperidine rings is 1. The van der Waals surface area contributed by atoms with Gasteiger partial charge in [0.1, 0.15) is 6.29 Å². The van der Waals surface area contributed by atoms with Gasteiger partial charge in [0.05, 0.1) is 0 Å². The van der Waals surface area contributed by atoms with Crippen LogP contribution in [0.3, 0.4) is 0 Å². The van der Waals surface area contributed by atoms with E-state index in [1.807, 2.05) is 13.1 Å². The number of nitrogens with zero attached hydrogens (tertiary/aromatic N) is 5. The lowest BCUT2D eigenvalue weighted by atomic mass is 9.96. The molecule has 3 saturated heterocycles. The van der Waals surface area contributed by atoms with Crippen LogP contribution in [0.25, 0.3) is 0 Å². The van der Waals surface area contributed by atoms with E-state index in [4.69, 9.17) is 10.7 Å². The number of aryl methyl sites for hydroxylation is 1. The Morgan fingerprint density at radius 1 is 1.19 bits per heavy atom. The van der Waals surface area contributed by atoms with Gasteiger partial charge in [0.15, 0.2) is 0 Å². The van der Waals surface area contributed by atoms with E-state index >= 15 is 0 Å². The van der Waals surface area contributed by atoms with Gasteiger partial charge in [-0.1, -0.05) is 6.92 Å². The van der Waals surface area contributed by atoms with Crippen molar-refractivity contribution < 1.29 is 9.59 Å². The van der Waals surface area contributed by atoms with Crippen molar-refractivity contribution in [2.45, 2.75) is 45.4 Å². The highest BCUT2D eigenvalue weighted by molar-refractivity contribution is 5.78. The number of amides is 2. The third-order valence-electron chi connectivity index (χ3n) is 6.83. The number of nitrogens with one attached hydrogen (secondary N) is 2. The Kier molecular flexibility index (Phi) is 6.68. The van der Waals surface area contributed by atoms with E-state index in [-0.39, 0.29) is 30.1 Å². The maximum absolute atomic E-state index is 12.5. The Morgan fingerprint density at radius 2 is 1.90 bits per heavy atom.